The Morgan fingerprint density at radius 2 is 2.15 bits per heavy atom. The molecule has 0 N–H and O–H groups in total. The topological polar surface area (TPSA) is 43.6 Å². The minimum absolute atomic E-state index is 0.284. The number of benzene rings is 1. The predicted molar refractivity (Wildman–Crippen MR) is 77.9 cm³/mol. The van der Waals surface area contributed by atoms with E-state index in [1.54, 1.807) is 12.1 Å². The number of nitrogens with zero attached hydrogens (tertiary/aromatic N) is 2. The van der Waals surface area contributed by atoms with E-state index in [1.807, 2.05) is 34.9 Å². The second-order valence-corrected chi connectivity index (χ2v) is 4.73. The van der Waals surface area contributed by atoms with Gasteiger partial charge in [0.2, 0.25) is 0 Å². The summed E-state index contributed by atoms with van der Waals surface area (Å²) >= 11 is 0. The summed E-state index contributed by atoms with van der Waals surface area (Å²) in [7, 11) is 0. The van der Waals surface area contributed by atoms with Crippen LogP contribution in [0.25, 0.3) is 16.7 Å². The van der Waals surface area contributed by atoms with Crippen molar-refractivity contribution in [2.45, 2.75) is 19.8 Å². The fourth-order valence-electron chi connectivity index (χ4n) is 2.18. The zero-order chi connectivity index (χ0) is 13.9. The van der Waals surface area contributed by atoms with Crippen molar-refractivity contribution in [2.24, 2.45) is 0 Å². The lowest BCUT2D eigenvalue weighted by molar-refractivity contribution is 0.0499. The van der Waals surface area contributed by atoms with Gasteiger partial charge >= 0.3 is 5.97 Å². The third-order valence-corrected chi connectivity index (χ3v) is 3.28. The first-order chi connectivity index (χ1) is 9.79. The molecule has 0 amide bonds. The molecule has 3 rings (SSSR count). The maximum Gasteiger partial charge on any atom is 0.338 e. The van der Waals surface area contributed by atoms with Crippen LogP contribution in [0, 0.1) is 0 Å². The minimum atomic E-state index is -0.284. The first-order valence-electron chi connectivity index (χ1n) is 6.83. The molecule has 2 aromatic heterocycles. The Bertz CT molecular complexity index is 761. The molecular weight excluding hydrogens is 252 g/mol. The number of hydrogen-bond donors (Lipinski definition) is 0. The number of unbranched alkanes of at least 4 members (excludes halogenated alkanes) is 1. The van der Waals surface area contributed by atoms with E-state index in [0.29, 0.717) is 12.2 Å². The number of para-hydroxylation sites is 2. The van der Waals surface area contributed by atoms with Crippen LogP contribution in [0.3, 0.4) is 0 Å². The average molecular weight is 268 g/mol. The van der Waals surface area contributed by atoms with Crippen LogP contribution < -0.4 is 0 Å². The normalized spacial score (nSPS) is 11.1. The Morgan fingerprint density at radius 1 is 1.30 bits per heavy atom. The highest BCUT2D eigenvalue weighted by atomic mass is 16.5. The summed E-state index contributed by atoms with van der Waals surface area (Å²) in [6, 6.07) is 11.4. The Morgan fingerprint density at radius 3 is 3.00 bits per heavy atom. The molecular formula is C16H16N2O2. The Balaban J connectivity index is 1.94. The fraction of sp³-hybridized carbons (Fsp3) is 0.250. The van der Waals surface area contributed by atoms with Crippen LogP contribution in [0.1, 0.15) is 30.1 Å². The lowest BCUT2D eigenvalue weighted by Crippen LogP contribution is -2.06. The van der Waals surface area contributed by atoms with Gasteiger partial charge in [0.25, 0.3) is 0 Å². The molecule has 2 heterocycles. The molecule has 20 heavy (non-hydrogen) atoms. The summed E-state index contributed by atoms with van der Waals surface area (Å²) in [5.41, 5.74) is 3.26. The lowest BCUT2D eigenvalue weighted by Gasteiger charge is -2.04. The third kappa shape index (κ3) is 2.25. The van der Waals surface area contributed by atoms with Gasteiger partial charge in [-0.05, 0) is 30.7 Å². The molecule has 0 unspecified atom stereocenters. The second-order valence-electron chi connectivity index (χ2n) is 4.73. The van der Waals surface area contributed by atoms with Crippen LogP contribution in [0.4, 0.5) is 0 Å². The molecule has 3 aromatic rings. The number of carbonyl (C=O) groups is 1. The number of esters is 1. The molecule has 0 aliphatic heterocycles. The van der Waals surface area contributed by atoms with Crippen molar-refractivity contribution in [3.63, 3.8) is 0 Å². The number of imidazole rings is 1. The van der Waals surface area contributed by atoms with Gasteiger partial charge in [0.1, 0.15) is 5.65 Å². The molecule has 0 saturated heterocycles. The van der Waals surface area contributed by atoms with Crippen molar-refractivity contribution < 1.29 is 9.53 Å². The molecule has 0 saturated carbocycles. The number of ether oxygens (including phenoxy) is 1. The van der Waals surface area contributed by atoms with Crippen LogP contribution in [0.5, 0.6) is 0 Å². The van der Waals surface area contributed by atoms with E-state index < -0.39 is 0 Å². The van der Waals surface area contributed by atoms with E-state index in [-0.39, 0.29) is 5.97 Å². The van der Waals surface area contributed by atoms with Crippen molar-refractivity contribution in [2.75, 3.05) is 6.61 Å². The van der Waals surface area contributed by atoms with Gasteiger partial charge < -0.3 is 4.74 Å². The molecule has 0 radical (unpaired) electrons. The number of pyridine rings is 1. The zero-order valence-corrected chi connectivity index (χ0v) is 11.4. The number of rotatable bonds is 4. The zero-order valence-electron chi connectivity index (χ0n) is 11.4. The highest BCUT2D eigenvalue weighted by Gasteiger charge is 2.10. The van der Waals surface area contributed by atoms with Crippen molar-refractivity contribution in [1.82, 2.24) is 9.38 Å². The van der Waals surface area contributed by atoms with Gasteiger partial charge in [0.05, 0.1) is 23.2 Å². The summed E-state index contributed by atoms with van der Waals surface area (Å²) in [4.78, 5) is 16.4. The molecule has 102 valence electrons. The number of aromatic nitrogens is 2. The predicted octanol–water partition coefficient (Wildman–Crippen LogP) is 3.44. The molecule has 0 aliphatic rings. The molecule has 4 nitrogen and oxygen atoms in total. The van der Waals surface area contributed by atoms with Gasteiger partial charge in [0.15, 0.2) is 0 Å². The summed E-state index contributed by atoms with van der Waals surface area (Å²) in [6.07, 6.45) is 3.76. The van der Waals surface area contributed by atoms with Crippen LogP contribution in [-0.2, 0) is 4.74 Å². The van der Waals surface area contributed by atoms with E-state index >= 15 is 0 Å². The lowest BCUT2D eigenvalue weighted by atomic mass is 10.2. The van der Waals surface area contributed by atoms with E-state index in [0.717, 1.165) is 29.5 Å². The van der Waals surface area contributed by atoms with Crippen LogP contribution in [-0.4, -0.2) is 22.0 Å². The van der Waals surface area contributed by atoms with Gasteiger partial charge in [-0.1, -0.05) is 25.5 Å². The maximum absolute atomic E-state index is 11.9. The Kier molecular flexibility index (Phi) is 3.37. The van der Waals surface area contributed by atoms with Crippen LogP contribution in [0.2, 0.25) is 0 Å². The van der Waals surface area contributed by atoms with Crippen molar-refractivity contribution in [3.05, 3.63) is 48.2 Å². The SMILES string of the molecule is CCCCOC(=O)c1ccn2c(c1)nc1ccccc12. The Hall–Kier alpha value is -2.36. The van der Waals surface area contributed by atoms with Gasteiger partial charge in [0, 0.05) is 6.20 Å². The van der Waals surface area contributed by atoms with Gasteiger partial charge in [-0.15, -0.1) is 0 Å². The molecule has 1 aromatic carbocycles. The monoisotopic (exact) mass is 268 g/mol. The first-order valence-corrected chi connectivity index (χ1v) is 6.83. The van der Waals surface area contributed by atoms with E-state index in [9.17, 15) is 4.79 Å². The van der Waals surface area contributed by atoms with Crippen LogP contribution in [0.15, 0.2) is 42.6 Å². The van der Waals surface area contributed by atoms with E-state index in [1.165, 1.54) is 0 Å². The molecule has 4 heteroatoms. The number of hydrogen-bond acceptors (Lipinski definition) is 3. The largest absolute Gasteiger partial charge is 0.462 e. The average Bonchev–Trinajstić information content (AvgIpc) is 2.85. The minimum Gasteiger partial charge on any atom is -0.462 e. The highest BCUT2D eigenvalue weighted by molar-refractivity contribution is 5.91. The van der Waals surface area contributed by atoms with Crippen molar-refractivity contribution in [3.8, 4) is 0 Å². The van der Waals surface area contributed by atoms with E-state index in [2.05, 4.69) is 11.9 Å². The number of carbonyl (C=O) groups excluding carboxylic acids is 1. The third-order valence-electron chi connectivity index (χ3n) is 3.28. The molecule has 0 fully saturated rings. The highest BCUT2D eigenvalue weighted by Crippen LogP contribution is 2.17. The van der Waals surface area contributed by atoms with Crippen LogP contribution >= 0.6 is 0 Å². The first kappa shape index (κ1) is 12.7. The van der Waals surface area contributed by atoms with Crippen molar-refractivity contribution >= 4 is 22.6 Å². The van der Waals surface area contributed by atoms with Gasteiger partial charge in [-0.3, -0.25) is 4.40 Å². The fourth-order valence-corrected chi connectivity index (χ4v) is 2.18. The van der Waals surface area contributed by atoms with Crippen molar-refractivity contribution in [1.29, 1.82) is 0 Å². The van der Waals surface area contributed by atoms with Gasteiger partial charge in [-0.25, -0.2) is 9.78 Å². The summed E-state index contributed by atoms with van der Waals surface area (Å²) in [6.45, 7) is 2.53. The molecule has 0 atom stereocenters. The smallest absolute Gasteiger partial charge is 0.338 e. The summed E-state index contributed by atoms with van der Waals surface area (Å²) < 4.78 is 7.19. The maximum atomic E-state index is 11.9. The van der Waals surface area contributed by atoms with E-state index in [4.69, 9.17) is 4.74 Å². The van der Waals surface area contributed by atoms with Gasteiger partial charge in [-0.2, -0.15) is 0 Å². The summed E-state index contributed by atoms with van der Waals surface area (Å²) in [5.74, 6) is -0.284. The Labute approximate surface area is 117 Å². The standard InChI is InChI=1S/C16H16N2O2/c1-2-3-10-20-16(19)12-8-9-18-14-7-5-4-6-13(14)17-15(18)11-12/h4-9,11H,2-3,10H2,1H3. The molecule has 0 aliphatic carbocycles. The molecule has 0 spiro atoms. The quantitative estimate of drug-likeness (QED) is 0.537. The summed E-state index contributed by atoms with van der Waals surface area (Å²) in [5, 5.41) is 0. The number of fused-ring (bicyclic) bond motifs is 3. The second kappa shape index (κ2) is 5.33. The molecule has 0 bridgehead atoms.